The summed E-state index contributed by atoms with van der Waals surface area (Å²) in [6.45, 7) is 3.58. The molecule has 4 nitrogen and oxygen atoms in total. The van der Waals surface area contributed by atoms with Crippen molar-refractivity contribution in [1.82, 2.24) is 0 Å². The summed E-state index contributed by atoms with van der Waals surface area (Å²) in [5.41, 5.74) is 0.597. The SMILES string of the molecule is CC(C)Oc1cccc(NC(=O)COc2ccccc2F)c1. The fourth-order valence-electron chi connectivity index (χ4n) is 1.82. The van der Waals surface area contributed by atoms with Gasteiger partial charge in [-0.15, -0.1) is 0 Å². The van der Waals surface area contributed by atoms with Crippen molar-refractivity contribution in [2.75, 3.05) is 11.9 Å². The van der Waals surface area contributed by atoms with E-state index in [9.17, 15) is 9.18 Å². The van der Waals surface area contributed by atoms with E-state index in [0.29, 0.717) is 11.4 Å². The maximum absolute atomic E-state index is 13.4. The Bertz CT molecular complexity index is 643. The summed E-state index contributed by atoms with van der Waals surface area (Å²) >= 11 is 0. The lowest BCUT2D eigenvalue weighted by molar-refractivity contribution is -0.118. The highest BCUT2D eigenvalue weighted by molar-refractivity contribution is 5.92. The van der Waals surface area contributed by atoms with E-state index in [1.165, 1.54) is 12.1 Å². The minimum Gasteiger partial charge on any atom is -0.491 e. The molecule has 5 heteroatoms. The molecular formula is C17H18FNO3. The number of carbonyl (C=O) groups excluding carboxylic acids is 1. The zero-order chi connectivity index (χ0) is 15.9. The Morgan fingerprint density at radius 3 is 2.68 bits per heavy atom. The molecule has 0 bridgehead atoms. The molecule has 2 aromatic rings. The Hall–Kier alpha value is -2.56. The Balaban J connectivity index is 1.91. The minimum absolute atomic E-state index is 0.0505. The zero-order valence-electron chi connectivity index (χ0n) is 12.5. The molecule has 116 valence electrons. The van der Waals surface area contributed by atoms with Crippen LogP contribution in [0.3, 0.4) is 0 Å². The van der Waals surface area contributed by atoms with Crippen molar-refractivity contribution in [2.24, 2.45) is 0 Å². The predicted molar refractivity (Wildman–Crippen MR) is 82.7 cm³/mol. The molecule has 0 fully saturated rings. The second kappa shape index (κ2) is 7.45. The largest absolute Gasteiger partial charge is 0.491 e. The molecule has 0 atom stereocenters. The third-order valence-corrected chi connectivity index (χ3v) is 2.68. The maximum Gasteiger partial charge on any atom is 0.262 e. The van der Waals surface area contributed by atoms with Gasteiger partial charge in [-0.3, -0.25) is 4.79 Å². The first-order valence-electron chi connectivity index (χ1n) is 6.98. The normalized spacial score (nSPS) is 10.4. The topological polar surface area (TPSA) is 47.6 Å². The van der Waals surface area contributed by atoms with Crippen molar-refractivity contribution >= 4 is 11.6 Å². The fraction of sp³-hybridized carbons (Fsp3) is 0.235. The summed E-state index contributed by atoms with van der Waals surface area (Å²) in [4.78, 5) is 11.8. The molecule has 0 saturated carbocycles. The van der Waals surface area contributed by atoms with Crippen LogP contribution in [0.15, 0.2) is 48.5 Å². The van der Waals surface area contributed by atoms with Crippen molar-refractivity contribution < 1.29 is 18.7 Å². The number of benzene rings is 2. The van der Waals surface area contributed by atoms with Gasteiger partial charge in [-0.05, 0) is 38.1 Å². The van der Waals surface area contributed by atoms with Gasteiger partial charge in [0.2, 0.25) is 0 Å². The first-order chi connectivity index (χ1) is 10.5. The average Bonchev–Trinajstić information content (AvgIpc) is 2.46. The standard InChI is InChI=1S/C17H18FNO3/c1-12(2)22-14-7-5-6-13(10-14)19-17(20)11-21-16-9-4-3-8-15(16)18/h3-10,12H,11H2,1-2H3,(H,19,20). The number of amides is 1. The summed E-state index contributed by atoms with van der Waals surface area (Å²) in [6, 6.07) is 13.0. The smallest absolute Gasteiger partial charge is 0.262 e. The molecule has 0 aliphatic heterocycles. The highest BCUT2D eigenvalue weighted by Crippen LogP contribution is 2.19. The number of hydrogen-bond acceptors (Lipinski definition) is 3. The Kier molecular flexibility index (Phi) is 5.36. The molecule has 0 aliphatic carbocycles. The number of ether oxygens (including phenoxy) is 2. The number of anilines is 1. The molecule has 0 unspecified atom stereocenters. The van der Waals surface area contributed by atoms with Gasteiger partial charge < -0.3 is 14.8 Å². The van der Waals surface area contributed by atoms with Crippen molar-refractivity contribution in [3.8, 4) is 11.5 Å². The van der Waals surface area contributed by atoms with Crippen LogP contribution >= 0.6 is 0 Å². The van der Waals surface area contributed by atoms with Crippen LogP contribution < -0.4 is 14.8 Å². The van der Waals surface area contributed by atoms with Crippen LogP contribution in [0.25, 0.3) is 0 Å². The number of carbonyl (C=O) groups is 1. The van der Waals surface area contributed by atoms with Crippen molar-refractivity contribution in [3.05, 3.63) is 54.3 Å². The van der Waals surface area contributed by atoms with Crippen LogP contribution in [0.4, 0.5) is 10.1 Å². The lowest BCUT2D eigenvalue weighted by Crippen LogP contribution is -2.20. The summed E-state index contributed by atoms with van der Waals surface area (Å²) in [6.07, 6.45) is 0.0512. The molecule has 0 aromatic heterocycles. The van der Waals surface area contributed by atoms with Gasteiger partial charge in [0.1, 0.15) is 5.75 Å². The fourth-order valence-corrected chi connectivity index (χ4v) is 1.82. The number of para-hydroxylation sites is 1. The van der Waals surface area contributed by atoms with E-state index in [4.69, 9.17) is 9.47 Å². The van der Waals surface area contributed by atoms with E-state index in [2.05, 4.69) is 5.32 Å². The van der Waals surface area contributed by atoms with E-state index in [1.54, 1.807) is 30.3 Å². The van der Waals surface area contributed by atoms with Gasteiger partial charge in [0.15, 0.2) is 18.2 Å². The molecule has 0 spiro atoms. The Labute approximate surface area is 128 Å². The molecule has 0 saturated heterocycles. The lowest BCUT2D eigenvalue weighted by atomic mass is 10.3. The quantitative estimate of drug-likeness (QED) is 0.886. The monoisotopic (exact) mass is 303 g/mol. The molecule has 0 aliphatic rings. The molecule has 0 heterocycles. The molecule has 1 N–H and O–H groups in total. The van der Waals surface area contributed by atoms with E-state index in [0.717, 1.165) is 0 Å². The minimum atomic E-state index is -0.498. The van der Waals surface area contributed by atoms with E-state index in [-0.39, 0.29) is 24.4 Å². The zero-order valence-corrected chi connectivity index (χ0v) is 12.5. The maximum atomic E-state index is 13.4. The van der Waals surface area contributed by atoms with Crippen LogP contribution in [0.5, 0.6) is 11.5 Å². The molecule has 0 radical (unpaired) electrons. The van der Waals surface area contributed by atoms with Gasteiger partial charge in [-0.2, -0.15) is 0 Å². The van der Waals surface area contributed by atoms with Crippen molar-refractivity contribution in [2.45, 2.75) is 20.0 Å². The van der Waals surface area contributed by atoms with E-state index in [1.807, 2.05) is 19.9 Å². The highest BCUT2D eigenvalue weighted by atomic mass is 19.1. The molecule has 1 amide bonds. The number of nitrogens with one attached hydrogen (secondary N) is 1. The summed E-state index contributed by atoms with van der Waals surface area (Å²) < 4.78 is 24.1. The van der Waals surface area contributed by atoms with Gasteiger partial charge in [-0.1, -0.05) is 18.2 Å². The molecule has 2 rings (SSSR count). The van der Waals surface area contributed by atoms with Gasteiger partial charge >= 0.3 is 0 Å². The summed E-state index contributed by atoms with van der Waals surface area (Å²) in [5.74, 6) is -0.148. The Morgan fingerprint density at radius 2 is 1.95 bits per heavy atom. The number of halogens is 1. The predicted octanol–water partition coefficient (Wildman–Crippen LogP) is 3.63. The second-order valence-electron chi connectivity index (χ2n) is 4.96. The van der Waals surface area contributed by atoms with Crippen molar-refractivity contribution in [1.29, 1.82) is 0 Å². The van der Waals surface area contributed by atoms with E-state index < -0.39 is 5.82 Å². The van der Waals surface area contributed by atoms with Gasteiger partial charge in [0.25, 0.3) is 5.91 Å². The first-order valence-corrected chi connectivity index (χ1v) is 6.98. The van der Waals surface area contributed by atoms with Crippen LogP contribution in [0, 0.1) is 5.82 Å². The molecular weight excluding hydrogens is 285 g/mol. The molecule has 22 heavy (non-hydrogen) atoms. The van der Waals surface area contributed by atoms with Crippen LogP contribution in [0.2, 0.25) is 0 Å². The summed E-state index contributed by atoms with van der Waals surface area (Å²) in [7, 11) is 0. The van der Waals surface area contributed by atoms with Crippen molar-refractivity contribution in [3.63, 3.8) is 0 Å². The average molecular weight is 303 g/mol. The second-order valence-corrected chi connectivity index (χ2v) is 4.96. The van der Waals surface area contributed by atoms with Crippen LogP contribution in [0.1, 0.15) is 13.8 Å². The molecule has 2 aromatic carbocycles. The third-order valence-electron chi connectivity index (χ3n) is 2.68. The van der Waals surface area contributed by atoms with Gasteiger partial charge in [0, 0.05) is 11.8 Å². The lowest BCUT2D eigenvalue weighted by Gasteiger charge is -2.12. The van der Waals surface area contributed by atoms with E-state index >= 15 is 0 Å². The van der Waals surface area contributed by atoms with Gasteiger partial charge in [-0.25, -0.2) is 4.39 Å². The van der Waals surface area contributed by atoms with Crippen LogP contribution in [-0.2, 0) is 4.79 Å². The summed E-state index contributed by atoms with van der Waals surface area (Å²) in [5, 5.41) is 2.68. The van der Waals surface area contributed by atoms with Crippen LogP contribution in [-0.4, -0.2) is 18.6 Å². The third kappa shape index (κ3) is 4.77. The first kappa shape index (κ1) is 15.8. The number of rotatable bonds is 6. The highest BCUT2D eigenvalue weighted by Gasteiger charge is 2.07. The Morgan fingerprint density at radius 1 is 1.18 bits per heavy atom. The van der Waals surface area contributed by atoms with Gasteiger partial charge in [0.05, 0.1) is 6.10 Å². The number of hydrogen-bond donors (Lipinski definition) is 1.